The summed E-state index contributed by atoms with van der Waals surface area (Å²) in [6.07, 6.45) is 2.77. The monoisotopic (exact) mass is 519 g/mol. The van der Waals surface area contributed by atoms with Crippen molar-refractivity contribution in [1.82, 2.24) is 10.2 Å². The molecule has 0 bridgehead atoms. The molecule has 2 aromatic carbocycles. The maximum absolute atomic E-state index is 13.6. The van der Waals surface area contributed by atoms with Crippen molar-refractivity contribution < 1.29 is 27.5 Å². The lowest BCUT2D eigenvalue weighted by Gasteiger charge is -2.32. The number of anilines is 1. The normalized spacial score (nSPS) is 11.9. The molecule has 2 rings (SSSR count). The molecule has 0 aliphatic carbocycles. The van der Waals surface area contributed by atoms with Gasteiger partial charge in [-0.2, -0.15) is 0 Å². The van der Waals surface area contributed by atoms with E-state index in [2.05, 4.69) is 5.32 Å². The number of ether oxygens (including phenoxy) is 2. The number of unbranched alkanes of at least 4 members (excludes halogenated alkanes) is 1. The molecule has 2 amide bonds. The molecule has 0 fully saturated rings. The van der Waals surface area contributed by atoms with Gasteiger partial charge in [0.2, 0.25) is 21.8 Å². The van der Waals surface area contributed by atoms with E-state index in [4.69, 9.17) is 9.47 Å². The molecule has 1 N–H and O–H groups in total. The van der Waals surface area contributed by atoms with E-state index < -0.39 is 28.5 Å². The fourth-order valence-corrected chi connectivity index (χ4v) is 4.45. The Kier molecular flexibility index (Phi) is 10.6. The van der Waals surface area contributed by atoms with Crippen molar-refractivity contribution >= 4 is 27.5 Å². The molecule has 0 radical (unpaired) electrons. The van der Waals surface area contributed by atoms with Crippen molar-refractivity contribution in [3.05, 3.63) is 53.6 Å². The van der Waals surface area contributed by atoms with Crippen molar-refractivity contribution in [1.29, 1.82) is 0 Å². The summed E-state index contributed by atoms with van der Waals surface area (Å²) >= 11 is 0. The summed E-state index contributed by atoms with van der Waals surface area (Å²) in [6, 6.07) is 11.5. The average molecular weight is 520 g/mol. The molecular weight excluding hydrogens is 482 g/mol. The lowest BCUT2D eigenvalue weighted by atomic mass is 10.1. The Morgan fingerprint density at radius 2 is 1.72 bits per heavy atom. The van der Waals surface area contributed by atoms with Crippen LogP contribution in [-0.2, 0) is 26.2 Å². The van der Waals surface area contributed by atoms with E-state index >= 15 is 0 Å². The van der Waals surface area contributed by atoms with Crippen molar-refractivity contribution in [3.8, 4) is 11.5 Å². The van der Waals surface area contributed by atoms with Crippen LogP contribution in [0.4, 0.5) is 5.69 Å². The Morgan fingerprint density at radius 1 is 1.06 bits per heavy atom. The second kappa shape index (κ2) is 13.2. The topological polar surface area (TPSA) is 105 Å². The zero-order valence-corrected chi connectivity index (χ0v) is 22.7. The highest BCUT2D eigenvalue weighted by Gasteiger charge is 2.31. The number of sulfonamides is 1. The van der Waals surface area contributed by atoms with Gasteiger partial charge in [0.1, 0.15) is 24.1 Å². The molecule has 0 aliphatic rings. The van der Waals surface area contributed by atoms with E-state index in [-0.39, 0.29) is 23.9 Å². The number of nitrogens with zero attached hydrogens (tertiary/aromatic N) is 2. The summed E-state index contributed by atoms with van der Waals surface area (Å²) in [6.45, 7) is 5.79. The summed E-state index contributed by atoms with van der Waals surface area (Å²) in [7, 11) is -0.978. The Bertz CT molecular complexity index is 1130. The number of hydrogen-bond donors (Lipinski definition) is 1. The molecule has 1 unspecified atom stereocenters. The van der Waals surface area contributed by atoms with E-state index in [1.54, 1.807) is 19.1 Å². The third kappa shape index (κ3) is 7.87. The van der Waals surface area contributed by atoms with Gasteiger partial charge < -0.3 is 19.7 Å². The molecule has 0 saturated carbocycles. The summed E-state index contributed by atoms with van der Waals surface area (Å²) in [5.74, 6) is -0.0920. The van der Waals surface area contributed by atoms with Crippen LogP contribution in [0, 0.1) is 6.92 Å². The third-order valence-corrected chi connectivity index (χ3v) is 6.93. The number of methoxy groups -OCH3 is 2. The van der Waals surface area contributed by atoms with Crippen LogP contribution in [0.2, 0.25) is 0 Å². The molecule has 198 valence electrons. The first-order valence-electron chi connectivity index (χ1n) is 11.8. The van der Waals surface area contributed by atoms with Crippen LogP contribution < -0.4 is 19.1 Å². The van der Waals surface area contributed by atoms with Gasteiger partial charge in [0.05, 0.1) is 26.2 Å². The number of carbonyl (C=O) groups excluding carboxylic acids is 2. The lowest BCUT2D eigenvalue weighted by molar-refractivity contribution is -0.139. The maximum Gasteiger partial charge on any atom is 0.244 e. The van der Waals surface area contributed by atoms with Gasteiger partial charge in [-0.15, -0.1) is 0 Å². The largest absolute Gasteiger partial charge is 0.497 e. The highest BCUT2D eigenvalue weighted by Crippen LogP contribution is 2.33. The summed E-state index contributed by atoms with van der Waals surface area (Å²) in [5.41, 5.74) is 2.09. The first kappa shape index (κ1) is 29.0. The number of aryl methyl sites for hydroxylation is 1. The zero-order valence-electron chi connectivity index (χ0n) is 21.9. The first-order chi connectivity index (χ1) is 17.0. The van der Waals surface area contributed by atoms with Gasteiger partial charge in [-0.05, 0) is 38.0 Å². The quantitative estimate of drug-likeness (QED) is 0.408. The van der Waals surface area contributed by atoms with Gasteiger partial charge in [0, 0.05) is 19.2 Å². The van der Waals surface area contributed by atoms with Crippen LogP contribution in [0.25, 0.3) is 0 Å². The van der Waals surface area contributed by atoms with Crippen LogP contribution in [0.15, 0.2) is 42.5 Å². The molecule has 0 aromatic heterocycles. The van der Waals surface area contributed by atoms with Crippen molar-refractivity contribution in [2.24, 2.45) is 0 Å². The Morgan fingerprint density at radius 3 is 2.28 bits per heavy atom. The van der Waals surface area contributed by atoms with Gasteiger partial charge in [-0.3, -0.25) is 13.9 Å². The van der Waals surface area contributed by atoms with Crippen LogP contribution in [0.5, 0.6) is 11.5 Å². The van der Waals surface area contributed by atoms with Crippen molar-refractivity contribution in [2.45, 2.75) is 46.2 Å². The number of amides is 2. The van der Waals surface area contributed by atoms with Gasteiger partial charge in [-0.25, -0.2) is 8.42 Å². The molecule has 10 heteroatoms. The molecule has 1 atom stereocenters. The Labute approximate surface area is 214 Å². The predicted molar refractivity (Wildman–Crippen MR) is 141 cm³/mol. The fourth-order valence-electron chi connectivity index (χ4n) is 3.59. The number of benzene rings is 2. The molecule has 0 spiro atoms. The first-order valence-corrected chi connectivity index (χ1v) is 13.7. The minimum absolute atomic E-state index is 0.152. The Hall–Kier alpha value is -3.27. The highest BCUT2D eigenvalue weighted by molar-refractivity contribution is 7.92. The molecule has 0 aliphatic heterocycles. The molecule has 2 aromatic rings. The predicted octanol–water partition coefficient (Wildman–Crippen LogP) is 3.11. The average Bonchev–Trinajstić information content (AvgIpc) is 2.85. The molecule has 0 saturated heterocycles. The van der Waals surface area contributed by atoms with Crippen molar-refractivity contribution in [2.75, 3.05) is 37.9 Å². The summed E-state index contributed by atoms with van der Waals surface area (Å²) < 4.78 is 37.1. The van der Waals surface area contributed by atoms with Crippen LogP contribution in [0.3, 0.4) is 0 Å². The minimum Gasteiger partial charge on any atom is -0.497 e. The molecular formula is C26H37N3O6S. The smallest absolute Gasteiger partial charge is 0.244 e. The number of rotatable bonds is 13. The maximum atomic E-state index is 13.6. The summed E-state index contributed by atoms with van der Waals surface area (Å²) in [4.78, 5) is 27.9. The van der Waals surface area contributed by atoms with E-state index in [1.807, 2.05) is 38.1 Å². The van der Waals surface area contributed by atoms with Crippen LogP contribution in [0.1, 0.15) is 37.8 Å². The molecule has 36 heavy (non-hydrogen) atoms. The second-order valence-corrected chi connectivity index (χ2v) is 10.5. The third-order valence-electron chi connectivity index (χ3n) is 5.81. The minimum atomic E-state index is -3.88. The number of carbonyl (C=O) groups is 2. The molecule has 9 nitrogen and oxygen atoms in total. The van der Waals surface area contributed by atoms with Gasteiger partial charge in [-0.1, -0.05) is 43.2 Å². The zero-order chi connectivity index (χ0) is 26.9. The number of hydrogen-bond acceptors (Lipinski definition) is 6. The summed E-state index contributed by atoms with van der Waals surface area (Å²) in [5, 5.41) is 2.86. The van der Waals surface area contributed by atoms with Crippen LogP contribution in [-0.4, -0.2) is 64.7 Å². The lowest BCUT2D eigenvalue weighted by Crippen LogP contribution is -2.51. The van der Waals surface area contributed by atoms with Gasteiger partial charge in [0.15, 0.2) is 0 Å². The van der Waals surface area contributed by atoms with E-state index in [0.717, 1.165) is 34.5 Å². The second-order valence-electron chi connectivity index (χ2n) is 8.64. The van der Waals surface area contributed by atoms with E-state index in [1.165, 1.54) is 25.2 Å². The number of nitrogens with one attached hydrogen (secondary N) is 1. The SMILES string of the molecule is CCCCNC(=O)C(C)N(Cc1ccc(C)cc1)C(=O)CN(c1ccc(OC)cc1OC)S(C)(=O)=O. The van der Waals surface area contributed by atoms with Gasteiger partial charge in [0.25, 0.3) is 0 Å². The molecule has 0 heterocycles. The Balaban J connectivity index is 2.41. The van der Waals surface area contributed by atoms with E-state index in [9.17, 15) is 18.0 Å². The van der Waals surface area contributed by atoms with Crippen LogP contribution >= 0.6 is 0 Å². The van der Waals surface area contributed by atoms with Crippen molar-refractivity contribution in [3.63, 3.8) is 0 Å². The highest BCUT2D eigenvalue weighted by atomic mass is 32.2. The fraction of sp³-hybridized carbons (Fsp3) is 0.462. The van der Waals surface area contributed by atoms with Gasteiger partial charge >= 0.3 is 0 Å². The van der Waals surface area contributed by atoms with E-state index in [0.29, 0.717) is 12.3 Å². The standard InChI is InChI=1S/C26H37N3O6S/c1-7-8-15-27-26(31)20(3)28(17-21-11-9-19(2)10-12-21)25(30)18-29(36(6,32)33)23-14-13-22(34-4)16-24(23)35-5/h9-14,16,20H,7-8,15,17-18H2,1-6H3,(H,27,31).